The minimum atomic E-state index is -0.0413. The fourth-order valence-electron chi connectivity index (χ4n) is 6.56. The lowest BCUT2D eigenvalue weighted by Crippen LogP contribution is -2.14. The molecule has 6 aromatic carbocycles. The quantitative estimate of drug-likeness (QED) is 0.230. The summed E-state index contributed by atoms with van der Waals surface area (Å²) in [5, 5.41) is 2.53. The van der Waals surface area contributed by atoms with Crippen LogP contribution < -0.4 is 0 Å². The number of nitrogens with zero attached hydrogens (tertiary/aromatic N) is 2. The average Bonchev–Trinajstić information content (AvgIpc) is 3.25. The van der Waals surface area contributed by atoms with Crippen LogP contribution in [0.2, 0.25) is 0 Å². The van der Waals surface area contributed by atoms with E-state index in [2.05, 4.69) is 117 Å². The fourth-order valence-corrected chi connectivity index (χ4v) is 6.56. The van der Waals surface area contributed by atoms with E-state index >= 15 is 0 Å². The van der Waals surface area contributed by atoms with Crippen molar-refractivity contribution in [1.29, 1.82) is 0 Å². The van der Waals surface area contributed by atoms with Gasteiger partial charge >= 0.3 is 0 Å². The van der Waals surface area contributed by atoms with Crippen molar-refractivity contribution in [1.82, 2.24) is 9.97 Å². The summed E-state index contributed by atoms with van der Waals surface area (Å²) in [6.45, 7) is 4.69. The molecule has 0 aliphatic heterocycles. The van der Waals surface area contributed by atoms with Gasteiger partial charge in [-0.05, 0) is 74.5 Å². The Morgan fingerprint density at radius 3 is 1.85 bits per heavy atom. The van der Waals surface area contributed by atoms with Crippen LogP contribution in [-0.4, -0.2) is 9.97 Å². The molecule has 0 amide bonds. The molecule has 0 atom stereocenters. The van der Waals surface area contributed by atoms with Gasteiger partial charge in [0.05, 0.1) is 22.4 Å². The number of fused-ring (bicyclic) bond motifs is 5. The number of para-hydroxylation sites is 2. The maximum atomic E-state index is 5.15. The summed E-state index contributed by atoms with van der Waals surface area (Å²) in [6, 6.07) is 47.6. The lowest BCUT2D eigenvalue weighted by molar-refractivity contribution is 0.661. The second kappa shape index (κ2) is 8.97. The fraction of sp³-hybridized carbons (Fsp3) is 0.0769. The second-order valence-electron chi connectivity index (χ2n) is 11.5. The zero-order valence-corrected chi connectivity index (χ0v) is 23.1. The molecular formula is C39H28N2. The second-order valence-corrected chi connectivity index (χ2v) is 11.5. The minimum absolute atomic E-state index is 0.0413. The highest BCUT2D eigenvalue weighted by molar-refractivity contribution is 6.02. The van der Waals surface area contributed by atoms with Crippen LogP contribution in [0.5, 0.6) is 0 Å². The molecule has 41 heavy (non-hydrogen) atoms. The molecule has 7 aromatic rings. The molecule has 0 unspecified atom stereocenters. The van der Waals surface area contributed by atoms with Crippen molar-refractivity contribution in [2.75, 3.05) is 0 Å². The first-order chi connectivity index (χ1) is 20.1. The highest BCUT2D eigenvalue weighted by atomic mass is 14.8. The van der Waals surface area contributed by atoms with Crippen molar-refractivity contribution in [3.8, 4) is 44.8 Å². The Morgan fingerprint density at radius 1 is 0.439 bits per heavy atom. The lowest BCUT2D eigenvalue weighted by Gasteiger charge is -2.22. The van der Waals surface area contributed by atoms with Gasteiger partial charge in [-0.15, -0.1) is 0 Å². The maximum Gasteiger partial charge on any atom is 0.0973 e. The molecular weight excluding hydrogens is 496 g/mol. The smallest absolute Gasteiger partial charge is 0.0973 e. The normalized spacial score (nSPS) is 13.3. The third-order valence-corrected chi connectivity index (χ3v) is 8.65. The van der Waals surface area contributed by atoms with Gasteiger partial charge in [-0.25, -0.2) is 9.97 Å². The van der Waals surface area contributed by atoms with Crippen LogP contribution >= 0.6 is 0 Å². The molecule has 0 N–H and O–H groups in total. The Labute approximate surface area is 240 Å². The van der Waals surface area contributed by atoms with Gasteiger partial charge in [0.2, 0.25) is 0 Å². The Bertz CT molecular complexity index is 2120. The third-order valence-electron chi connectivity index (χ3n) is 8.65. The predicted molar refractivity (Wildman–Crippen MR) is 171 cm³/mol. The van der Waals surface area contributed by atoms with Gasteiger partial charge in [0.15, 0.2) is 0 Å². The minimum Gasteiger partial charge on any atom is -0.244 e. The van der Waals surface area contributed by atoms with E-state index < -0.39 is 0 Å². The Balaban J connectivity index is 1.32. The van der Waals surface area contributed by atoms with E-state index in [4.69, 9.17) is 9.97 Å². The SMILES string of the molecule is CC1(C)c2ccccc2-c2cc3cccc(-c4cccc(-c5nc6ccccc6nc5-c5ccccc5)c4)c3cc21. The Hall–Kier alpha value is -5.08. The van der Waals surface area contributed by atoms with Gasteiger partial charge in [0.1, 0.15) is 0 Å². The first-order valence-corrected chi connectivity index (χ1v) is 14.2. The molecule has 2 heteroatoms. The number of hydrogen-bond acceptors (Lipinski definition) is 2. The average molecular weight is 525 g/mol. The molecule has 1 aliphatic carbocycles. The van der Waals surface area contributed by atoms with E-state index in [-0.39, 0.29) is 5.41 Å². The van der Waals surface area contributed by atoms with Crippen molar-refractivity contribution in [3.05, 3.63) is 145 Å². The van der Waals surface area contributed by atoms with E-state index in [1.54, 1.807) is 0 Å². The predicted octanol–water partition coefficient (Wildman–Crippen LogP) is 10.1. The first-order valence-electron chi connectivity index (χ1n) is 14.2. The number of benzene rings is 6. The standard InChI is InChI=1S/C39H28N2/c1-39(2)33-19-7-6-17-30(33)32-23-27-15-11-18-29(31(27)24-34(32)39)26-14-10-16-28(22-26)38-37(25-12-4-3-5-13-25)40-35-20-8-9-21-36(35)41-38/h3-24H,1-2H3. The molecule has 1 heterocycles. The van der Waals surface area contributed by atoms with E-state index in [0.29, 0.717) is 0 Å². The number of rotatable bonds is 3. The molecule has 0 saturated heterocycles. The van der Waals surface area contributed by atoms with Crippen molar-refractivity contribution in [2.45, 2.75) is 19.3 Å². The van der Waals surface area contributed by atoms with Gasteiger partial charge in [0, 0.05) is 16.5 Å². The van der Waals surface area contributed by atoms with E-state index in [1.165, 1.54) is 44.2 Å². The molecule has 1 aliphatic rings. The van der Waals surface area contributed by atoms with Crippen LogP contribution in [0, 0.1) is 0 Å². The molecule has 0 saturated carbocycles. The highest BCUT2D eigenvalue weighted by Crippen LogP contribution is 2.50. The van der Waals surface area contributed by atoms with Crippen LogP contribution in [-0.2, 0) is 5.41 Å². The monoisotopic (exact) mass is 524 g/mol. The maximum absolute atomic E-state index is 5.15. The summed E-state index contributed by atoms with van der Waals surface area (Å²) in [6.07, 6.45) is 0. The van der Waals surface area contributed by atoms with Crippen LogP contribution in [0.3, 0.4) is 0 Å². The zero-order chi connectivity index (χ0) is 27.6. The summed E-state index contributed by atoms with van der Waals surface area (Å²) in [4.78, 5) is 10.2. The Morgan fingerprint density at radius 2 is 1.05 bits per heavy atom. The topological polar surface area (TPSA) is 25.8 Å². The summed E-state index contributed by atoms with van der Waals surface area (Å²) >= 11 is 0. The summed E-state index contributed by atoms with van der Waals surface area (Å²) in [7, 11) is 0. The molecule has 0 bridgehead atoms. The number of aromatic nitrogens is 2. The van der Waals surface area contributed by atoms with Gasteiger partial charge in [-0.3, -0.25) is 0 Å². The van der Waals surface area contributed by atoms with E-state index in [9.17, 15) is 0 Å². The van der Waals surface area contributed by atoms with Crippen LogP contribution in [0.25, 0.3) is 66.6 Å². The van der Waals surface area contributed by atoms with Gasteiger partial charge < -0.3 is 0 Å². The first kappa shape index (κ1) is 23.8. The van der Waals surface area contributed by atoms with Crippen LogP contribution in [0.4, 0.5) is 0 Å². The van der Waals surface area contributed by atoms with Crippen LogP contribution in [0.1, 0.15) is 25.0 Å². The van der Waals surface area contributed by atoms with E-state index in [1.807, 2.05) is 30.3 Å². The summed E-state index contributed by atoms with van der Waals surface area (Å²) < 4.78 is 0. The van der Waals surface area contributed by atoms with Crippen LogP contribution in [0.15, 0.2) is 133 Å². The molecule has 194 valence electrons. The number of hydrogen-bond donors (Lipinski definition) is 0. The van der Waals surface area contributed by atoms with Gasteiger partial charge in [-0.1, -0.05) is 117 Å². The van der Waals surface area contributed by atoms with Crippen molar-refractivity contribution in [3.63, 3.8) is 0 Å². The largest absolute Gasteiger partial charge is 0.244 e. The van der Waals surface area contributed by atoms with E-state index in [0.717, 1.165) is 33.5 Å². The third kappa shape index (κ3) is 3.72. The Kier molecular flexibility index (Phi) is 5.20. The molecule has 0 radical (unpaired) electrons. The van der Waals surface area contributed by atoms with Gasteiger partial charge in [0.25, 0.3) is 0 Å². The van der Waals surface area contributed by atoms with Crippen molar-refractivity contribution in [2.24, 2.45) is 0 Å². The highest BCUT2D eigenvalue weighted by Gasteiger charge is 2.35. The van der Waals surface area contributed by atoms with Crippen molar-refractivity contribution >= 4 is 21.8 Å². The molecule has 1 aromatic heterocycles. The lowest BCUT2D eigenvalue weighted by atomic mass is 9.81. The van der Waals surface area contributed by atoms with Crippen molar-refractivity contribution < 1.29 is 0 Å². The van der Waals surface area contributed by atoms with Gasteiger partial charge in [-0.2, -0.15) is 0 Å². The molecule has 0 fully saturated rings. The molecule has 2 nitrogen and oxygen atoms in total. The molecule has 8 rings (SSSR count). The molecule has 0 spiro atoms. The summed E-state index contributed by atoms with van der Waals surface area (Å²) in [5.74, 6) is 0. The summed E-state index contributed by atoms with van der Waals surface area (Å²) in [5.41, 5.74) is 13.6. The zero-order valence-electron chi connectivity index (χ0n) is 23.1.